The second-order valence-electron chi connectivity index (χ2n) is 3.44. The van der Waals surface area contributed by atoms with E-state index in [2.05, 4.69) is 54.6 Å². The average Bonchev–Trinajstić information content (AvgIpc) is 2.13. The molecule has 0 N–H and O–H groups in total. The van der Waals surface area contributed by atoms with Crippen LogP contribution in [0.15, 0.2) is 35.3 Å². The van der Waals surface area contributed by atoms with E-state index in [4.69, 9.17) is 0 Å². The first-order valence-corrected chi connectivity index (χ1v) is 5.31. The van der Waals surface area contributed by atoms with Gasteiger partial charge in [0.25, 0.3) is 0 Å². The zero-order valence-electron chi connectivity index (χ0n) is 8.18. The molecule has 1 unspecified atom stereocenters. The zero-order valence-corrected chi connectivity index (χ0v) is 9.76. The number of allylic oxidation sites excluding steroid dienone is 1. The maximum Gasteiger partial charge on any atom is 0.0207 e. The molecule has 1 aromatic rings. The van der Waals surface area contributed by atoms with Crippen LogP contribution in [0, 0.1) is 12.8 Å². The Balaban J connectivity index is 2.88. The van der Waals surface area contributed by atoms with Crippen LogP contribution in [0.1, 0.15) is 18.1 Å². The summed E-state index contributed by atoms with van der Waals surface area (Å²) in [6, 6.07) is 6.35. The Labute approximate surface area is 88.8 Å². The third kappa shape index (κ3) is 2.70. The molecule has 0 fully saturated rings. The van der Waals surface area contributed by atoms with E-state index in [1.54, 1.807) is 0 Å². The van der Waals surface area contributed by atoms with Gasteiger partial charge in [0.05, 0.1) is 0 Å². The molecular weight excluding hydrogens is 224 g/mol. The number of rotatable bonds is 3. The summed E-state index contributed by atoms with van der Waals surface area (Å²) >= 11 is 3.53. The second-order valence-corrected chi connectivity index (χ2v) is 4.30. The molecule has 0 radical (unpaired) electrons. The van der Waals surface area contributed by atoms with Gasteiger partial charge >= 0.3 is 0 Å². The lowest BCUT2D eigenvalue weighted by atomic mass is 9.98. The van der Waals surface area contributed by atoms with Crippen LogP contribution in [0.2, 0.25) is 0 Å². The molecule has 0 aliphatic heterocycles. The van der Waals surface area contributed by atoms with Gasteiger partial charge in [-0.15, -0.1) is 6.58 Å². The molecule has 1 rings (SSSR count). The molecule has 0 nitrogen and oxygen atoms in total. The fourth-order valence-electron chi connectivity index (χ4n) is 1.30. The van der Waals surface area contributed by atoms with Gasteiger partial charge in [0, 0.05) is 4.47 Å². The number of hydrogen-bond donors (Lipinski definition) is 0. The van der Waals surface area contributed by atoms with Gasteiger partial charge in [-0.1, -0.05) is 41.1 Å². The van der Waals surface area contributed by atoms with Crippen molar-refractivity contribution in [3.63, 3.8) is 0 Å². The third-order valence-corrected chi connectivity index (χ3v) is 3.18. The Hall–Kier alpha value is -0.560. The fourth-order valence-corrected chi connectivity index (χ4v) is 1.71. The van der Waals surface area contributed by atoms with Gasteiger partial charge in [-0.25, -0.2) is 0 Å². The SMILES string of the molecule is C=CC(C)Cc1cccc(Br)c1C. The van der Waals surface area contributed by atoms with Crippen LogP contribution in [-0.2, 0) is 6.42 Å². The predicted octanol–water partition coefficient (Wildman–Crippen LogP) is 4.12. The van der Waals surface area contributed by atoms with Gasteiger partial charge in [-0.3, -0.25) is 0 Å². The molecular formula is C12H15Br. The second kappa shape index (κ2) is 4.61. The number of benzene rings is 1. The average molecular weight is 239 g/mol. The highest BCUT2D eigenvalue weighted by Crippen LogP contribution is 2.21. The van der Waals surface area contributed by atoms with E-state index < -0.39 is 0 Å². The maximum absolute atomic E-state index is 3.80. The smallest absolute Gasteiger partial charge is 0.0207 e. The Morgan fingerprint density at radius 2 is 2.23 bits per heavy atom. The number of hydrogen-bond acceptors (Lipinski definition) is 0. The van der Waals surface area contributed by atoms with Crippen molar-refractivity contribution in [1.29, 1.82) is 0 Å². The van der Waals surface area contributed by atoms with Crippen LogP contribution < -0.4 is 0 Å². The molecule has 13 heavy (non-hydrogen) atoms. The van der Waals surface area contributed by atoms with E-state index in [0.717, 1.165) is 6.42 Å². The van der Waals surface area contributed by atoms with Gasteiger partial charge in [0.1, 0.15) is 0 Å². The van der Waals surface area contributed by atoms with Crippen LogP contribution in [0.25, 0.3) is 0 Å². The Kier molecular flexibility index (Phi) is 3.73. The lowest BCUT2D eigenvalue weighted by molar-refractivity contribution is 0.721. The molecule has 0 aliphatic rings. The van der Waals surface area contributed by atoms with Gasteiger partial charge in [0.2, 0.25) is 0 Å². The minimum atomic E-state index is 0.549. The summed E-state index contributed by atoms with van der Waals surface area (Å²) in [5.41, 5.74) is 2.75. The highest BCUT2D eigenvalue weighted by Gasteiger charge is 2.04. The van der Waals surface area contributed by atoms with Gasteiger partial charge in [-0.2, -0.15) is 0 Å². The Morgan fingerprint density at radius 1 is 1.54 bits per heavy atom. The van der Waals surface area contributed by atoms with E-state index in [-0.39, 0.29) is 0 Å². The largest absolute Gasteiger partial charge is 0.103 e. The molecule has 1 heteroatoms. The summed E-state index contributed by atoms with van der Waals surface area (Å²) in [6.45, 7) is 8.13. The zero-order chi connectivity index (χ0) is 9.84. The van der Waals surface area contributed by atoms with Crippen molar-refractivity contribution >= 4 is 15.9 Å². The topological polar surface area (TPSA) is 0 Å². The molecule has 0 heterocycles. The first-order valence-electron chi connectivity index (χ1n) is 4.51. The van der Waals surface area contributed by atoms with Crippen LogP contribution in [0.3, 0.4) is 0 Å². The molecule has 0 bridgehead atoms. The van der Waals surface area contributed by atoms with Crippen LogP contribution >= 0.6 is 15.9 Å². The Morgan fingerprint density at radius 3 is 2.85 bits per heavy atom. The summed E-state index contributed by atoms with van der Waals surface area (Å²) in [5, 5.41) is 0. The summed E-state index contributed by atoms with van der Waals surface area (Å²) in [6.07, 6.45) is 3.08. The molecule has 0 saturated carbocycles. The van der Waals surface area contributed by atoms with Crippen LogP contribution in [-0.4, -0.2) is 0 Å². The van der Waals surface area contributed by atoms with Gasteiger partial charge in [-0.05, 0) is 36.5 Å². The van der Waals surface area contributed by atoms with E-state index in [0.29, 0.717) is 5.92 Å². The molecule has 0 spiro atoms. The van der Waals surface area contributed by atoms with E-state index in [1.165, 1.54) is 15.6 Å². The van der Waals surface area contributed by atoms with E-state index in [1.807, 2.05) is 6.08 Å². The van der Waals surface area contributed by atoms with Crippen molar-refractivity contribution in [3.8, 4) is 0 Å². The van der Waals surface area contributed by atoms with E-state index in [9.17, 15) is 0 Å². The number of halogens is 1. The fraction of sp³-hybridized carbons (Fsp3) is 0.333. The van der Waals surface area contributed by atoms with E-state index >= 15 is 0 Å². The highest BCUT2D eigenvalue weighted by molar-refractivity contribution is 9.10. The quantitative estimate of drug-likeness (QED) is 0.696. The minimum absolute atomic E-state index is 0.549. The normalized spacial score (nSPS) is 12.5. The lowest BCUT2D eigenvalue weighted by Gasteiger charge is -2.10. The molecule has 1 atom stereocenters. The van der Waals surface area contributed by atoms with Crippen molar-refractivity contribution in [2.45, 2.75) is 20.3 Å². The summed E-state index contributed by atoms with van der Waals surface area (Å²) in [5.74, 6) is 0.549. The minimum Gasteiger partial charge on any atom is -0.103 e. The predicted molar refractivity (Wildman–Crippen MR) is 61.9 cm³/mol. The van der Waals surface area contributed by atoms with Crippen molar-refractivity contribution in [2.24, 2.45) is 5.92 Å². The van der Waals surface area contributed by atoms with Crippen molar-refractivity contribution in [1.82, 2.24) is 0 Å². The molecule has 0 amide bonds. The molecule has 0 aliphatic carbocycles. The first kappa shape index (κ1) is 10.5. The summed E-state index contributed by atoms with van der Waals surface area (Å²) in [4.78, 5) is 0. The van der Waals surface area contributed by atoms with Crippen molar-refractivity contribution in [2.75, 3.05) is 0 Å². The summed E-state index contributed by atoms with van der Waals surface area (Å²) < 4.78 is 1.20. The monoisotopic (exact) mass is 238 g/mol. The van der Waals surface area contributed by atoms with Crippen molar-refractivity contribution in [3.05, 3.63) is 46.5 Å². The first-order chi connectivity index (χ1) is 6.15. The van der Waals surface area contributed by atoms with Gasteiger partial charge in [0.15, 0.2) is 0 Å². The van der Waals surface area contributed by atoms with Crippen LogP contribution in [0.4, 0.5) is 0 Å². The molecule has 1 aromatic carbocycles. The molecule has 0 aromatic heterocycles. The summed E-state index contributed by atoms with van der Waals surface area (Å²) in [7, 11) is 0. The van der Waals surface area contributed by atoms with Gasteiger partial charge < -0.3 is 0 Å². The highest BCUT2D eigenvalue weighted by atomic mass is 79.9. The standard InChI is InChI=1S/C12H15Br/c1-4-9(2)8-11-6-5-7-12(13)10(11)3/h4-7,9H,1,8H2,2-3H3. The third-order valence-electron chi connectivity index (χ3n) is 2.32. The molecule has 0 saturated heterocycles. The Bertz CT molecular complexity index is 302. The lowest BCUT2D eigenvalue weighted by Crippen LogP contribution is -1.98. The van der Waals surface area contributed by atoms with Crippen LogP contribution in [0.5, 0.6) is 0 Å². The molecule has 70 valence electrons. The van der Waals surface area contributed by atoms with Crippen molar-refractivity contribution < 1.29 is 0 Å². The maximum atomic E-state index is 3.80.